The maximum absolute atomic E-state index is 12.0. The molecule has 0 bridgehead atoms. The molecule has 2 atom stereocenters. The second-order valence-electron chi connectivity index (χ2n) is 4.90. The number of carbonyl (C=O) groups is 1. The van der Waals surface area contributed by atoms with E-state index in [-0.39, 0.29) is 18.1 Å². The highest BCUT2D eigenvalue weighted by molar-refractivity contribution is 7.99. The van der Waals surface area contributed by atoms with Gasteiger partial charge in [0.15, 0.2) is 0 Å². The van der Waals surface area contributed by atoms with Crippen molar-refractivity contribution in [3.8, 4) is 5.75 Å². The summed E-state index contributed by atoms with van der Waals surface area (Å²) in [5, 5.41) is 13.3. The van der Waals surface area contributed by atoms with Crippen LogP contribution in [0.1, 0.15) is 31.7 Å². The number of thioether (sulfide) groups is 1. The molecule has 3 nitrogen and oxygen atoms in total. The van der Waals surface area contributed by atoms with Crippen molar-refractivity contribution in [3.63, 3.8) is 0 Å². The smallest absolute Gasteiger partial charge is 0.224 e. The summed E-state index contributed by atoms with van der Waals surface area (Å²) in [7, 11) is 0. The molecule has 0 radical (unpaired) electrons. The van der Waals surface area contributed by atoms with Gasteiger partial charge in [-0.2, -0.15) is 11.8 Å². The minimum atomic E-state index is 0.00935. The molecule has 1 aromatic rings. The predicted octanol–water partition coefficient (Wildman–Crippen LogP) is 2.73. The number of hydrogen-bond acceptors (Lipinski definition) is 3. The molecule has 1 saturated carbocycles. The number of amides is 1. The lowest BCUT2D eigenvalue weighted by atomic mass is 10.1. The van der Waals surface area contributed by atoms with E-state index in [2.05, 4.69) is 12.2 Å². The first-order valence-corrected chi connectivity index (χ1v) is 7.93. The van der Waals surface area contributed by atoms with Crippen LogP contribution in [0, 0.1) is 0 Å². The first-order valence-electron chi connectivity index (χ1n) is 6.88. The highest BCUT2D eigenvalue weighted by atomic mass is 32.2. The van der Waals surface area contributed by atoms with Crippen molar-refractivity contribution in [1.29, 1.82) is 0 Å². The van der Waals surface area contributed by atoms with Crippen LogP contribution in [-0.4, -0.2) is 28.1 Å². The topological polar surface area (TPSA) is 49.3 Å². The normalized spacial score (nSPS) is 22.4. The Hall–Kier alpha value is -1.16. The largest absolute Gasteiger partial charge is 0.508 e. The Morgan fingerprint density at radius 1 is 1.42 bits per heavy atom. The summed E-state index contributed by atoms with van der Waals surface area (Å²) < 4.78 is 0. The highest BCUT2D eigenvalue weighted by Gasteiger charge is 2.28. The molecule has 2 unspecified atom stereocenters. The fraction of sp³-hybridized carbons (Fsp3) is 0.533. The molecule has 0 aromatic heterocycles. The van der Waals surface area contributed by atoms with E-state index < -0.39 is 0 Å². The number of phenolic OH excluding ortho intramolecular Hbond substituents is 1. The Morgan fingerprint density at radius 3 is 2.95 bits per heavy atom. The van der Waals surface area contributed by atoms with Gasteiger partial charge in [0.1, 0.15) is 5.75 Å². The van der Waals surface area contributed by atoms with Gasteiger partial charge >= 0.3 is 0 Å². The highest BCUT2D eigenvalue weighted by Crippen LogP contribution is 2.30. The first kappa shape index (κ1) is 14.3. The van der Waals surface area contributed by atoms with Crippen molar-refractivity contribution < 1.29 is 9.90 Å². The van der Waals surface area contributed by atoms with Crippen molar-refractivity contribution in [3.05, 3.63) is 29.8 Å². The fourth-order valence-electron chi connectivity index (χ4n) is 2.60. The van der Waals surface area contributed by atoms with Crippen LogP contribution < -0.4 is 5.32 Å². The van der Waals surface area contributed by atoms with Gasteiger partial charge in [0.25, 0.3) is 0 Å². The third-order valence-electron chi connectivity index (χ3n) is 3.52. The second kappa shape index (κ2) is 6.85. The average Bonchev–Trinajstić information content (AvgIpc) is 2.80. The van der Waals surface area contributed by atoms with E-state index in [0.29, 0.717) is 16.9 Å². The van der Waals surface area contributed by atoms with Gasteiger partial charge in [-0.25, -0.2) is 0 Å². The Bertz CT molecular complexity index is 436. The zero-order valence-corrected chi connectivity index (χ0v) is 12.1. The lowest BCUT2D eigenvalue weighted by Crippen LogP contribution is -2.39. The van der Waals surface area contributed by atoms with Gasteiger partial charge in [0.2, 0.25) is 5.91 Å². The van der Waals surface area contributed by atoms with E-state index in [9.17, 15) is 9.90 Å². The number of rotatable bonds is 5. The van der Waals surface area contributed by atoms with Crippen LogP contribution in [0.2, 0.25) is 0 Å². The zero-order chi connectivity index (χ0) is 13.7. The Morgan fingerprint density at radius 2 is 2.21 bits per heavy atom. The lowest BCUT2D eigenvalue weighted by Gasteiger charge is -2.20. The molecule has 1 aliphatic rings. The van der Waals surface area contributed by atoms with Gasteiger partial charge in [0.05, 0.1) is 6.42 Å². The third kappa shape index (κ3) is 3.90. The first-order chi connectivity index (χ1) is 9.20. The number of benzene rings is 1. The Balaban J connectivity index is 1.89. The van der Waals surface area contributed by atoms with Crippen LogP contribution in [0.4, 0.5) is 0 Å². The summed E-state index contributed by atoms with van der Waals surface area (Å²) >= 11 is 1.93. The molecule has 1 amide bonds. The van der Waals surface area contributed by atoms with E-state index >= 15 is 0 Å². The molecule has 19 heavy (non-hydrogen) atoms. The van der Waals surface area contributed by atoms with E-state index in [4.69, 9.17) is 0 Å². The molecular formula is C15H21NO2S. The number of aromatic hydroxyl groups is 1. The van der Waals surface area contributed by atoms with Crippen LogP contribution in [-0.2, 0) is 11.2 Å². The molecule has 0 aliphatic heterocycles. The molecule has 1 fully saturated rings. The summed E-state index contributed by atoms with van der Waals surface area (Å²) in [6, 6.07) is 7.31. The van der Waals surface area contributed by atoms with Gasteiger partial charge in [-0.3, -0.25) is 4.79 Å². The maximum Gasteiger partial charge on any atom is 0.224 e. The molecule has 104 valence electrons. The van der Waals surface area contributed by atoms with Crippen LogP contribution >= 0.6 is 11.8 Å². The zero-order valence-electron chi connectivity index (χ0n) is 11.3. The molecule has 0 saturated heterocycles. The minimum absolute atomic E-state index is 0.00935. The molecule has 0 spiro atoms. The standard InChI is InChI=1S/C15H21NO2S/c1-2-19-14-9-5-7-12(14)16-15(18)10-11-6-3-4-8-13(11)17/h3-4,6,8,12,14,17H,2,5,7,9-10H2,1H3,(H,16,18). The summed E-state index contributed by atoms with van der Waals surface area (Å²) in [5.41, 5.74) is 0.692. The van der Waals surface area contributed by atoms with Gasteiger partial charge in [-0.1, -0.05) is 31.5 Å². The minimum Gasteiger partial charge on any atom is -0.508 e. The van der Waals surface area contributed by atoms with Gasteiger partial charge in [-0.15, -0.1) is 0 Å². The van der Waals surface area contributed by atoms with E-state index in [1.165, 1.54) is 12.8 Å². The summed E-state index contributed by atoms with van der Waals surface area (Å²) in [5.74, 6) is 1.30. The van der Waals surface area contributed by atoms with Crippen molar-refractivity contribution in [2.75, 3.05) is 5.75 Å². The second-order valence-corrected chi connectivity index (χ2v) is 6.42. The lowest BCUT2D eigenvalue weighted by molar-refractivity contribution is -0.121. The molecule has 4 heteroatoms. The van der Waals surface area contributed by atoms with Crippen molar-refractivity contribution in [2.45, 2.75) is 43.9 Å². The van der Waals surface area contributed by atoms with Gasteiger partial charge in [0, 0.05) is 16.9 Å². The molecular weight excluding hydrogens is 258 g/mol. The molecule has 1 aliphatic carbocycles. The molecule has 2 rings (SSSR count). The summed E-state index contributed by atoms with van der Waals surface area (Å²) in [4.78, 5) is 12.0. The Kier molecular flexibility index (Phi) is 5.14. The van der Waals surface area contributed by atoms with Crippen molar-refractivity contribution >= 4 is 17.7 Å². The Labute approximate surface area is 118 Å². The third-order valence-corrected chi connectivity index (χ3v) is 4.85. The molecule has 0 heterocycles. The average molecular weight is 279 g/mol. The van der Waals surface area contributed by atoms with Crippen LogP contribution in [0.5, 0.6) is 5.75 Å². The van der Waals surface area contributed by atoms with E-state index in [1.807, 2.05) is 17.8 Å². The molecule has 1 aromatic carbocycles. The van der Waals surface area contributed by atoms with Crippen LogP contribution in [0.15, 0.2) is 24.3 Å². The summed E-state index contributed by atoms with van der Waals surface area (Å²) in [6.07, 6.45) is 3.72. The quantitative estimate of drug-likeness (QED) is 0.871. The van der Waals surface area contributed by atoms with Crippen molar-refractivity contribution in [2.24, 2.45) is 0 Å². The van der Waals surface area contributed by atoms with Crippen LogP contribution in [0.25, 0.3) is 0 Å². The molecule has 2 N–H and O–H groups in total. The van der Waals surface area contributed by atoms with E-state index in [0.717, 1.165) is 12.2 Å². The number of carbonyl (C=O) groups excluding carboxylic acids is 1. The van der Waals surface area contributed by atoms with Gasteiger partial charge in [-0.05, 0) is 24.7 Å². The monoisotopic (exact) mass is 279 g/mol. The maximum atomic E-state index is 12.0. The summed E-state index contributed by atoms with van der Waals surface area (Å²) in [6.45, 7) is 2.16. The van der Waals surface area contributed by atoms with Crippen molar-refractivity contribution in [1.82, 2.24) is 5.32 Å². The van der Waals surface area contributed by atoms with Crippen LogP contribution in [0.3, 0.4) is 0 Å². The fourth-order valence-corrected chi connectivity index (χ4v) is 3.79. The predicted molar refractivity (Wildman–Crippen MR) is 79.5 cm³/mol. The number of phenols is 1. The number of hydrogen-bond donors (Lipinski definition) is 2. The van der Waals surface area contributed by atoms with E-state index in [1.54, 1.807) is 18.2 Å². The van der Waals surface area contributed by atoms with Gasteiger partial charge < -0.3 is 10.4 Å². The number of nitrogens with one attached hydrogen (secondary N) is 1. The number of para-hydroxylation sites is 1. The SMILES string of the molecule is CCSC1CCCC1NC(=O)Cc1ccccc1O.